The summed E-state index contributed by atoms with van der Waals surface area (Å²) < 4.78 is 5.90. The topological polar surface area (TPSA) is 108 Å². The molecule has 0 atom stereocenters. The maximum atomic E-state index is 12.6. The first-order chi connectivity index (χ1) is 19.3. The van der Waals surface area contributed by atoms with E-state index in [2.05, 4.69) is 31.5 Å². The second kappa shape index (κ2) is 12.7. The molecule has 0 aliphatic heterocycles. The summed E-state index contributed by atoms with van der Waals surface area (Å²) in [7, 11) is 3.95. The number of carbonyl (C=O) groups excluding carboxylic acids is 1. The number of anilines is 3. The molecule has 40 heavy (non-hydrogen) atoms. The number of hydrogen-bond donors (Lipinski definition) is 2. The number of benzene rings is 2. The molecule has 0 aliphatic carbocycles. The van der Waals surface area contributed by atoms with Gasteiger partial charge in [-0.25, -0.2) is 4.85 Å². The fraction of sp³-hybridized carbons (Fsp3) is 0.258. The van der Waals surface area contributed by atoms with E-state index >= 15 is 0 Å². The van der Waals surface area contributed by atoms with Gasteiger partial charge in [0.25, 0.3) is 0 Å². The number of fused-ring (bicyclic) bond motifs is 1. The van der Waals surface area contributed by atoms with Crippen molar-refractivity contribution < 1.29 is 9.53 Å². The maximum Gasteiger partial charge on any atom is 0.224 e. The van der Waals surface area contributed by atoms with Crippen molar-refractivity contribution in [3.8, 4) is 11.8 Å². The SMILES string of the molecule is [C-]#[N+]c1cc(OCc2ncccc2C)ccc1Nc1c(C#N)cnc2cc(C)c(NC(=O)CCCN(C)C)cc12. The number of rotatable bonds is 10. The molecule has 202 valence electrons. The van der Waals surface area contributed by atoms with Crippen molar-refractivity contribution in [1.29, 1.82) is 5.26 Å². The van der Waals surface area contributed by atoms with Crippen LogP contribution in [0.5, 0.6) is 5.75 Å². The van der Waals surface area contributed by atoms with E-state index in [1.807, 2.05) is 57.1 Å². The van der Waals surface area contributed by atoms with Crippen molar-refractivity contribution in [2.24, 2.45) is 0 Å². The summed E-state index contributed by atoms with van der Waals surface area (Å²) in [6, 6.07) is 14.9. The number of hydrogen-bond acceptors (Lipinski definition) is 7. The highest BCUT2D eigenvalue weighted by molar-refractivity contribution is 6.01. The van der Waals surface area contributed by atoms with Gasteiger partial charge in [-0.1, -0.05) is 6.07 Å². The van der Waals surface area contributed by atoms with E-state index in [0.717, 1.165) is 29.8 Å². The van der Waals surface area contributed by atoms with Crippen molar-refractivity contribution in [3.63, 3.8) is 0 Å². The Balaban J connectivity index is 1.62. The molecular weight excluding hydrogens is 502 g/mol. The quantitative estimate of drug-likeness (QED) is 0.231. The van der Waals surface area contributed by atoms with Crippen LogP contribution in [0.2, 0.25) is 0 Å². The van der Waals surface area contributed by atoms with Gasteiger partial charge in [0.05, 0.1) is 29.0 Å². The van der Waals surface area contributed by atoms with Gasteiger partial charge in [-0.2, -0.15) is 5.26 Å². The Labute approximate surface area is 234 Å². The first kappa shape index (κ1) is 28.0. The molecule has 9 nitrogen and oxygen atoms in total. The van der Waals surface area contributed by atoms with Gasteiger partial charge in [-0.3, -0.25) is 14.8 Å². The number of nitrogens with one attached hydrogen (secondary N) is 2. The van der Waals surface area contributed by atoms with Crippen LogP contribution in [0.4, 0.5) is 22.7 Å². The van der Waals surface area contributed by atoms with E-state index in [0.29, 0.717) is 51.4 Å². The van der Waals surface area contributed by atoms with Crippen LogP contribution >= 0.6 is 0 Å². The fourth-order valence-electron chi connectivity index (χ4n) is 4.22. The molecule has 0 unspecified atom stereocenters. The van der Waals surface area contributed by atoms with Gasteiger partial charge < -0.3 is 20.3 Å². The molecule has 0 fully saturated rings. The van der Waals surface area contributed by atoms with E-state index in [1.54, 1.807) is 24.4 Å². The van der Waals surface area contributed by atoms with Crippen molar-refractivity contribution in [2.75, 3.05) is 31.3 Å². The number of nitrogens with zero attached hydrogens (tertiary/aromatic N) is 5. The van der Waals surface area contributed by atoms with Crippen molar-refractivity contribution in [1.82, 2.24) is 14.9 Å². The Bertz CT molecular complexity index is 1630. The summed E-state index contributed by atoms with van der Waals surface area (Å²) >= 11 is 0. The van der Waals surface area contributed by atoms with E-state index in [9.17, 15) is 10.1 Å². The minimum absolute atomic E-state index is 0.0741. The van der Waals surface area contributed by atoms with Gasteiger partial charge in [0.2, 0.25) is 11.6 Å². The number of aryl methyl sites for hydroxylation is 2. The number of aromatic nitrogens is 2. The molecule has 9 heteroatoms. The molecule has 4 rings (SSSR count). The molecule has 1 amide bonds. The molecule has 2 heterocycles. The molecule has 0 saturated carbocycles. The lowest BCUT2D eigenvalue weighted by Crippen LogP contribution is -2.17. The molecule has 4 aromatic rings. The lowest BCUT2D eigenvalue weighted by Gasteiger charge is -2.16. The summed E-state index contributed by atoms with van der Waals surface area (Å²) in [5.41, 5.74) is 5.73. The maximum absolute atomic E-state index is 12.6. The van der Waals surface area contributed by atoms with Gasteiger partial charge in [0.15, 0.2) is 0 Å². The average molecular weight is 534 g/mol. The molecule has 2 N–H and O–H groups in total. The molecule has 0 bridgehead atoms. The molecule has 2 aromatic heterocycles. The van der Waals surface area contributed by atoms with Crippen LogP contribution in [0, 0.1) is 31.8 Å². The normalized spacial score (nSPS) is 10.7. The predicted octanol–water partition coefficient (Wildman–Crippen LogP) is 6.27. The Kier molecular flexibility index (Phi) is 8.90. The van der Waals surface area contributed by atoms with Crippen LogP contribution in [0.25, 0.3) is 15.7 Å². The van der Waals surface area contributed by atoms with Crippen LogP contribution in [0.15, 0.2) is 54.9 Å². The zero-order valence-electron chi connectivity index (χ0n) is 23.1. The van der Waals surface area contributed by atoms with Gasteiger partial charge in [-0.05, 0) is 88.4 Å². The summed E-state index contributed by atoms with van der Waals surface area (Å²) in [6.07, 6.45) is 4.38. The van der Waals surface area contributed by atoms with Crippen LogP contribution in [0.3, 0.4) is 0 Å². The summed E-state index contributed by atoms with van der Waals surface area (Å²) in [5.74, 6) is 0.464. The second-order valence-electron chi connectivity index (χ2n) is 9.77. The smallest absolute Gasteiger partial charge is 0.224 e. The fourth-order valence-corrected chi connectivity index (χ4v) is 4.22. The highest BCUT2D eigenvalue weighted by atomic mass is 16.5. The zero-order chi connectivity index (χ0) is 28.6. The van der Waals surface area contributed by atoms with Crippen molar-refractivity contribution in [2.45, 2.75) is 33.3 Å². The standard InChI is InChI=1S/C31H31N7O2/c1-20-8-6-12-34-29(20)19-40-23-10-11-25(28(15-23)33-3)37-31-22(17-32)18-35-27-14-21(2)26(16-24(27)31)36-30(39)9-7-13-38(4)5/h6,8,10-12,14-16,18H,7,9,13,19H2,1-2,4-5H3,(H,35,37)(H,36,39). The third-order valence-electron chi connectivity index (χ3n) is 6.46. The largest absolute Gasteiger partial charge is 0.489 e. The first-order valence-corrected chi connectivity index (χ1v) is 12.9. The number of nitriles is 1. The highest BCUT2D eigenvalue weighted by Gasteiger charge is 2.15. The van der Waals surface area contributed by atoms with Crippen molar-refractivity contribution >= 4 is 39.6 Å². The number of amides is 1. The monoisotopic (exact) mass is 533 g/mol. The highest BCUT2D eigenvalue weighted by Crippen LogP contribution is 2.37. The molecule has 2 aromatic carbocycles. The van der Waals surface area contributed by atoms with Crippen LogP contribution in [0.1, 0.15) is 35.2 Å². The predicted molar refractivity (Wildman–Crippen MR) is 157 cm³/mol. The summed E-state index contributed by atoms with van der Waals surface area (Å²) in [5, 5.41) is 16.8. The second-order valence-corrected chi connectivity index (χ2v) is 9.77. The number of pyridine rings is 2. The van der Waals surface area contributed by atoms with E-state index in [-0.39, 0.29) is 12.5 Å². The molecule has 0 spiro atoms. The van der Waals surface area contributed by atoms with Gasteiger partial charge in [0, 0.05) is 35.6 Å². The zero-order valence-corrected chi connectivity index (χ0v) is 23.1. The third kappa shape index (κ3) is 6.71. The minimum Gasteiger partial charge on any atom is -0.489 e. The van der Waals surface area contributed by atoms with Crippen LogP contribution in [-0.4, -0.2) is 41.4 Å². The molecule has 0 aliphatic rings. The summed E-state index contributed by atoms with van der Waals surface area (Å²) in [4.78, 5) is 27.1. The van der Waals surface area contributed by atoms with E-state index in [4.69, 9.17) is 11.3 Å². The van der Waals surface area contributed by atoms with Gasteiger partial charge >= 0.3 is 0 Å². The molecule has 0 radical (unpaired) electrons. The van der Waals surface area contributed by atoms with E-state index < -0.39 is 0 Å². The first-order valence-electron chi connectivity index (χ1n) is 12.9. The minimum atomic E-state index is -0.0741. The average Bonchev–Trinajstić information content (AvgIpc) is 2.93. The number of carbonyl (C=O) groups is 1. The molecule has 0 saturated heterocycles. The lowest BCUT2D eigenvalue weighted by atomic mass is 10.0. The van der Waals surface area contributed by atoms with Gasteiger partial charge in [0.1, 0.15) is 18.4 Å². The lowest BCUT2D eigenvalue weighted by molar-refractivity contribution is -0.116. The van der Waals surface area contributed by atoms with Crippen LogP contribution in [-0.2, 0) is 11.4 Å². The third-order valence-corrected chi connectivity index (χ3v) is 6.46. The summed E-state index contributed by atoms with van der Waals surface area (Å²) in [6.45, 7) is 12.7. The molecular formula is C31H31N7O2. The Hall–Kier alpha value is -4.99. The van der Waals surface area contributed by atoms with E-state index in [1.165, 1.54) is 6.20 Å². The van der Waals surface area contributed by atoms with Gasteiger partial charge in [-0.15, -0.1) is 0 Å². The number of ether oxygens (including phenoxy) is 1. The Morgan fingerprint density at radius 1 is 1.12 bits per heavy atom. The Morgan fingerprint density at radius 2 is 1.95 bits per heavy atom. The Morgan fingerprint density at radius 3 is 2.67 bits per heavy atom. The van der Waals surface area contributed by atoms with Crippen molar-refractivity contribution in [3.05, 3.63) is 88.7 Å². The van der Waals surface area contributed by atoms with Crippen LogP contribution < -0.4 is 15.4 Å².